The van der Waals surface area contributed by atoms with Gasteiger partial charge in [0.05, 0.1) is 14.1 Å². The van der Waals surface area contributed by atoms with Crippen LogP contribution in [0.5, 0.6) is 5.75 Å². The Morgan fingerprint density at radius 3 is 2.00 bits per heavy atom. The van der Waals surface area contributed by atoms with Crippen LogP contribution in [0.1, 0.15) is 89.7 Å². The number of ether oxygens (including phenoxy) is 2. The van der Waals surface area contributed by atoms with E-state index >= 15 is 0 Å². The van der Waals surface area contributed by atoms with E-state index in [1.165, 1.54) is 56.1 Å². The van der Waals surface area contributed by atoms with Crippen LogP contribution >= 0.6 is 0 Å². The minimum absolute atomic E-state index is 0.198. The van der Waals surface area contributed by atoms with E-state index in [1.807, 2.05) is 44.2 Å². The second-order valence-electron chi connectivity index (χ2n) is 10.3. The van der Waals surface area contributed by atoms with Gasteiger partial charge in [-0.15, -0.1) is 0 Å². The Morgan fingerprint density at radius 1 is 0.771 bits per heavy atom. The quantitative estimate of drug-likeness (QED) is 0.100. The van der Waals surface area contributed by atoms with Gasteiger partial charge in [0, 0.05) is 18.4 Å². The third-order valence-electron chi connectivity index (χ3n) is 6.78. The standard InChI is InChI=1S/C31H48NO3/c1-6-9-10-11-12-13-15-18-26-21-23-28(24-22-26)34-30(8-3)35-31(33)29(7-2)32(4,5)25-27-19-16-14-17-20-27/h14,16-17,19-24,29-30H,6-13,15,18,25H2,1-5H3/q+1. The Bertz CT molecular complexity index is 832. The summed E-state index contributed by atoms with van der Waals surface area (Å²) < 4.78 is 12.4. The third-order valence-corrected chi connectivity index (χ3v) is 6.78. The fourth-order valence-electron chi connectivity index (χ4n) is 4.68. The molecule has 4 heteroatoms. The molecule has 0 aliphatic rings. The van der Waals surface area contributed by atoms with E-state index < -0.39 is 6.29 Å². The fourth-order valence-corrected chi connectivity index (χ4v) is 4.68. The van der Waals surface area contributed by atoms with Crippen LogP contribution in [0.4, 0.5) is 0 Å². The predicted molar refractivity (Wildman–Crippen MR) is 145 cm³/mol. The Labute approximate surface area is 214 Å². The maximum atomic E-state index is 13.1. The van der Waals surface area contributed by atoms with Gasteiger partial charge < -0.3 is 14.0 Å². The molecule has 0 saturated carbocycles. The zero-order chi connectivity index (χ0) is 25.5. The van der Waals surface area contributed by atoms with Gasteiger partial charge >= 0.3 is 5.97 Å². The first-order valence-corrected chi connectivity index (χ1v) is 13.7. The van der Waals surface area contributed by atoms with Crippen LogP contribution in [-0.2, 0) is 22.5 Å². The SMILES string of the molecule is CCCCCCCCCc1ccc(OC(CC)OC(=O)C(CC)[N+](C)(C)Cc2ccccc2)cc1. The number of esters is 1. The van der Waals surface area contributed by atoms with Crippen LogP contribution < -0.4 is 4.74 Å². The number of likely N-dealkylation sites (N-methyl/N-ethyl adjacent to an activating group) is 1. The smallest absolute Gasteiger partial charge is 0.368 e. The number of unbranched alkanes of at least 4 members (excludes halogenated alkanes) is 6. The summed E-state index contributed by atoms with van der Waals surface area (Å²) in [5.74, 6) is 0.551. The van der Waals surface area contributed by atoms with Gasteiger partial charge in [-0.2, -0.15) is 0 Å². The lowest BCUT2D eigenvalue weighted by molar-refractivity contribution is -0.919. The highest BCUT2D eigenvalue weighted by atomic mass is 16.7. The molecule has 2 aromatic rings. The van der Waals surface area contributed by atoms with Crippen molar-refractivity contribution < 1.29 is 18.8 Å². The first kappa shape index (κ1) is 28.9. The largest absolute Gasteiger partial charge is 0.455 e. The van der Waals surface area contributed by atoms with E-state index in [0.717, 1.165) is 18.7 Å². The van der Waals surface area contributed by atoms with Crippen LogP contribution in [0.15, 0.2) is 54.6 Å². The van der Waals surface area contributed by atoms with Gasteiger partial charge in [-0.3, -0.25) is 0 Å². The maximum absolute atomic E-state index is 13.1. The van der Waals surface area contributed by atoms with Crippen molar-refractivity contribution in [3.05, 3.63) is 65.7 Å². The molecule has 2 unspecified atom stereocenters. The molecule has 2 aromatic carbocycles. The van der Waals surface area contributed by atoms with E-state index in [-0.39, 0.29) is 12.0 Å². The van der Waals surface area contributed by atoms with Crippen LogP contribution in [0.2, 0.25) is 0 Å². The molecule has 0 heterocycles. The molecule has 2 atom stereocenters. The van der Waals surface area contributed by atoms with Crippen molar-refractivity contribution in [1.82, 2.24) is 0 Å². The van der Waals surface area contributed by atoms with Crippen molar-refractivity contribution in [3.63, 3.8) is 0 Å². The number of benzene rings is 2. The molecule has 0 bridgehead atoms. The topological polar surface area (TPSA) is 35.5 Å². The molecule has 0 aromatic heterocycles. The molecule has 0 N–H and O–H groups in total. The number of hydrogen-bond acceptors (Lipinski definition) is 3. The highest BCUT2D eigenvalue weighted by molar-refractivity contribution is 5.74. The van der Waals surface area contributed by atoms with Gasteiger partial charge in [-0.25, -0.2) is 4.79 Å². The molecule has 2 rings (SSSR count). The molecule has 0 aliphatic heterocycles. The van der Waals surface area contributed by atoms with Crippen LogP contribution in [-0.4, -0.2) is 36.9 Å². The monoisotopic (exact) mass is 482 g/mol. The summed E-state index contributed by atoms with van der Waals surface area (Å²) in [6, 6.07) is 18.3. The van der Waals surface area contributed by atoms with Crippen LogP contribution in [0.3, 0.4) is 0 Å². The molecule has 194 valence electrons. The summed E-state index contributed by atoms with van der Waals surface area (Å²) in [4.78, 5) is 13.1. The van der Waals surface area contributed by atoms with E-state index in [1.54, 1.807) is 0 Å². The average Bonchev–Trinajstić information content (AvgIpc) is 2.84. The lowest BCUT2D eigenvalue weighted by Gasteiger charge is -2.36. The normalized spacial score (nSPS) is 13.3. The first-order chi connectivity index (χ1) is 16.9. The van der Waals surface area contributed by atoms with Crippen molar-refractivity contribution in [2.45, 2.75) is 104 Å². The molecule has 0 radical (unpaired) electrons. The summed E-state index contributed by atoms with van der Waals surface area (Å²) in [5.41, 5.74) is 2.55. The minimum Gasteiger partial charge on any atom is -0.455 e. The zero-order valence-electron chi connectivity index (χ0n) is 22.8. The van der Waals surface area contributed by atoms with E-state index in [2.05, 4.69) is 45.3 Å². The van der Waals surface area contributed by atoms with Crippen molar-refractivity contribution in [3.8, 4) is 5.75 Å². The maximum Gasteiger partial charge on any atom is 0.368 e. The van der Waals surface area contributed by atoms with Crippen molar-refractivity contribution in [2.24, 2.45) is 0 Å². The zero-order valence-corrected chi connectivity index (χ0v) is 22.8. The molecular weight excluding hydrogens is 434 g/mol. The van der Waals surface area contributed by atoms with E-state index in [9.17, 15) is 4.79 Å². The molecule has 0 spiro atoms. The molecule has 0 fully saturated rings. The number of quaternary nitrogens is 1. The summed E-state index contributed by atoms with van der Waals surface area (Å²) >= 11 is 0. The second kappa shape index (κ2) is 15.6. The Morgan fingerprint density at radius 2 is 1.40 bits per heavy atom. The molecule has 35 heavy (non-hydrogen) atoms. The Kier molecular flexibility index (Phi) is 12.9. The predicted octanol–water partition coefficient (Wildman–Crippen LogP) is 7.69. The van der Waals surface area contributed by atoms with Gasteiger partial charge in [0.1, 0.15) is 12.3 Å². The number of nitrogens with zero attached hydrogens (tertiary/aromatic N) is 1. The lowest BCUT2D eigenvalue weighted by Crippen LogP contribution is -2.53. The molecule has 0 amide bonds. The number of carbonyl (C=O) groups excluding carboxylic acids is 1. The molecule has 0 saturated heterocycles. The van der Waals surface area contributed by atoms with Crippen molar-refractivity contribution in [1.29, 1.82) is 0 Å². The van der Waals surface area contributed by atoms with Crippen molar-refractivity contribution in [2.75, 3.05) is 14.1 Å². The first-order valence-electron chi connectivity index (χ1n) is 13.7. The Balaban J connectivity index is 1.84. The molecular formula is C31H48NO3+. The number of rotatable bonds is 17. The summed E-state index contributed by atoms with van der Waals surface area (Å²) in [6.45, 7) is 7.06. The number of hydrogen-bond donors (Lipinski definition) is 0. The summed E-state index contributed by atoms with van der Waals surface area (Å²) in [6.07, 6.45) is 11.1. The molecule has 4 nitrogen and oxygen atoms in total. The highest BCUT2D eigenvalue weighted by Gasteiger charge is 2.36. The summed E-state index contributed by atoms with van der Waals surface area (Å²) in [7, 11) is 4.18. The number of aryl methyl sites for hydroxylation is 1. The van der Waals surface area contributed by atoms with Gasteiger partial charge in [-0.1, -0.05) is 102 Å². The van der Waals surface area contributed by atoms with Gasteiger partial charge in [0.2, 0.25) is 6.29 Å². The van der Waals surface area contributed by atoms with Crippen LogP contribution in [0, 0.1) is 0 Å². The van der Waals surface area contributed by atoms with E-state index in [4.69, 9.17) is 9.47 Å². The molecule has 0 aliphatic carbocycles. The lowest BCUT2D eigenvalue weighted by atomic mass is 10.0. The van der Waals surface area contributed by atoms with Crippen LogP contribution in [0.25, 0.3) is 0 Å². The average molecular weight is 483 g/mol. The van der Waals surface area contributed by atoms with Crippen molar-refractivity contribution >= 4 is 5.97 Å². The van der Waals surface area contributed by atoms with Gasteiger partial charge in [0.15, 0.2) is 6.04 Å². The Hall–Kier alpha value is -2.33. The highest BCUT2D eigenvalue weighted by Crippen LogP contribution is 2.21. The van der Waals surface area contributed by atoms with Gasteiger partial charge in [0.25, 0.3) is 0 Å². The van der Waals surface area contributed by atoms with Gasteiger partial charge in [-0.05, 0) is 30.5 Å². The number of carbonyl (C=O) groups is 1. The third kappa shape index (κ3) is 10.4. The summed E-state index contributed by atoms with van der Waals surface area (Å²) in [5, 5.41) is 0. The minimum atomic E-state index is -0.581. The fraction of sp³-hybridized carbons (Fsp3) is 0.581. The second-order valence-corrected chi connectivity index (χ2v) is 10.3. The van der Waals surface area contributed by atoms with E-state index in [0.29, 0.717) is 17.3 Å².